The van der Waals surface area contributed by atoms with Gasteiger partial charge in [0.2, 0.25) is 0 Å². The number of nitrogens with zero attached hydrogens (tertiary/aromatic N) is 4. The molecule has 4 nitrogen and oxygen atoms in total. The van der Waals surface area contributed by atoms with Gasteiger partial charge in [-0.25, -0.2) is 15.0 Å². The van der Waals surface area contributed by atoms with E-state index < -0.39 is 0 Å². The lowest BCUT2D eigenvalue weighted by Crippen LogP contribution is -2.15. The number of rotatable bonds is 5. The van der Waals surface area contributed by atoms with Crippen molar-refractivity contribution < 1.29 is 0 Å². The quantitative estimate of drug-likeness (QED) is 0.190. The Kier molecular flexibility index (Phi) is 6.77. The highest BCUT2D eigenvalue weighted by molar-refractivity contribution is 5.98. The minimum Gasteiger partial charge on any atom is -0.264 e. The summed E-state index contributed by atoms with van der Waals surface area (Å²) in [6.07, 6.45) is 3.55. The van der Waals surface area contributed by atoms with Crippen LogP contribution in [0.4, 0.5) is 0 Å². The van der Waals surface area contributed by atoms with Crippen LogP contribution in [0, 0.1) is 0 Å². The van der Waals surface area contributed by atoms with Crippen molar-refractivity contribution in [3.8, 4) is 67.5 Å². The highest BCUT2D eigenvalue weighted by Gasteiger charge is 2.37. The van der Waals surface area contributed by atoms with Crippen molar-refractivity contribution in [2.24, 2.45) is 0 Å². The Bertz CT molecular complexity index is 2500. The number of fused-ring (bicyclic) bond motifs is 5. The second kappa shape index (κ2) is 11.5. The zero-order chi connectivity index (χ0) is 33.0. The van der Waals surface area contributed by atoms with Crippen molar-refractivity contribution in [3.05, 3.63) is 169 Å². The minimum atomic E-state index is -0.108. The molecule has 0 saturated heterocycles. The molecule has 2 aromatic heterocycles. The summed E-state index contributed by atoms with van der Waals surface area (Å²) < 4.78 is 0. The van der Waals surface area contributed by atoms with E-state index >= 15 is 0 Å². The van der Waals surface area contributed by atoms with Crippen LogP contribution < -0.4 is 0 Å². The van der Waals surface area contributed by atoms with Gasteiger partial charge < -0.3 is 0 Å². The first-order valence-corrected chi connectivity index (χ1v) is 16.6. The van der Waals surface area contributed by atoms with Crippen LogP contribution in [-0.2, 0) is 5.41 Å². The second-order valence-corrected chi connectivity index (χ2v) is 13.2. The highest BCUT2D eigenvalue weighted by Crippen LogP contribution is 2.52. The molecule has 0 fully saturated rings. The number of aromatic nitrogens is 4. The van der Waals surface area contributed by atoms with Crippen LogP contribution in [-0.4, -0.2) is 19.9 Å². The third-order valence-corrected chi connectivity index (χ3v) is 9.80. The molecule has 0 unspecified atom stereocenters. The molecule has 1 aliphatic carbocycles. The van der Waals surface area contributed by atoms with E-state index in [1.54, 1.807) is 12.4 Å². The summed E-state index contributed by atoms with van der Waals surface area (Å²) in [5, 5.41) is 2.62. The average molecular weight is 629 g/mol. The van der Waals surface area contributed by atoms with Gasteiger partial charge in [-0.3, -0.25) is 4.98 Å². The molecular weight excluding hydrogens is 597 g/mol. The smallest absolute Gasteiger partial charge is 0.165 e. The van der Waals surface area contributed by atoms with Crippen molar-refractivity contribution in [2.45, 2.75) is 19.3 Å². The van der Waals surface area contributed by atoms with Gasteiger partial charge in [0, 0.05) is 34.5 Å². The molecule has 4 heteroatoms. The first-order chi connectivity index (χ1) is 24.0. The van der Waals surface area contributed by atoms with Crippen LogP contribution in [0.15, 0.2) is 158 Å². The van der Waals surface area contributed by atoms with Crippen molar-refractivity contribution in [2.75, 3.05) is 0 Å². The molecule has 0 atom stereocenters. The maximum atomic E-state index is 5.01. The summed E-state index contributed by atoms with van der Waals surface area (Å²) >= 11 is 0. The van der Waals surface area contributed by atoms with Crippen LogP contribution in [0.5, 0.6) is 0 Å². The molecule has 6 aromatic carbocycles. The van der Waals surface area contributed by atoms with Gasteiger partial charge in [-0.15, -0.1) is 0 Å². The standard InChI is InChI=1S/C45H32N4/c1-45(2)40-27-34(22-23-38(40)39-24-21-31-12-6-7-16-37(31)41(39)45)30-17-19-32(20-18-30)42-47-43(49-44(48-42)36-15-9-25-46-28-36)35-14-8-13-33(26-35)29-10-4-3-5-11-29/h3-28H,1-2H3. The van der Waals surface area contributed by atoms with Crippen LogP contribution in [0.1, 0.15) is 25.0 Å². The average Bonchev–Trinajstić information content (AvgIpc) is 3.41. The van der Waals surface area contributed by atoms with E-state index in [9.17, 15) is 0 Å². The van der Waals surface area contributed by atoms with Crippen LogP contribution >= 0.6 is 0 Å². The third kappa shape index (κ3) is 5.01. The Morgan fingerprint density at radius 3 is 1.82 bits per heavy atom. The fraction of sp³-hybridized carbons (Fsp3) is 0.0667. The normalized spacial score (nSPS) is 12.9. The summed E-state index contributed by atoms with van der Waals surface area (Å²) in [7, 11) is 0. The first-order valence-electron chi connectivity index (χ1n) is 16.6. The van der Waals surface area contributed by atoms with E-state index in [0.29, 0.717) is 17.5 Å². The summed E-state index contributed by atoms with van der Waals surface area (Å²) in [6, 6.07) is 51.4. The lowest BCUT2D eigenvalue weighted by molar-refractivity contribution is 0.666. The molecule has 1 aliphatic rings. The van der Waals surface area contributed by atoms with E-state index in [0.717, 1.165) is 33.4 Å². The molecule has 0 spiro atoms. The van der Waals surface area contributed by atoms with Gasteiger partial charge in [0.1, 0.15) is 0 Å². The van der Waals surface area contributed by atoms with Gasteiger partial charge in [-0.1, -0.05) is 135 Å². The topological polar surface area (TPSA) is 51.6 Å². The number of benzene rings is 6. The molecule has 49 heavy (non-hydrogen) atoms. The molecule has 8 aromatic rings. The molecule has 0 N–H and O–H groups in total. The fourth-order valence-corrected chi connectivity index (χ4v) is 7.32. The number of hydrogen-bond donors (Lipinski definition) is 0. The maximum Gasteiger partial charge on any atom is 0.165 e. The Balaban J connectivity index is 1.09. The molecule has 0 amide bonds. The summed E-state index contributed by atoms with van der Waals surface area (Å²) in [5.74, 6) is 1.84. The van der Waals surface area contributed by atoms with Gasteiger partial charge in [0.05, 0.1) is 0 Å². The van der Waals surface area contributed by atoms with E-state index in [1.165, 1.54) is 38.6 Å². The Morgan fingerprint density at radius 1 is 0.429 bits per heavy atom. The van der Waals surface area contributed by atoms with E-state index in [2.05, 4.69) is 146 Å². The number of pyridine rings is 1. The summed E-state index contributed by atoms with van der Waals surface area (Å²) in [5.41, 5.74) is 12.6. The van der Waals surface area contributed by atoms with Crippen LogP contribution in [0.3, 0.4) is 0 Å². The molecule has 0 bridgehead atoms. The lowest BCUT2D eigenvalue weighted by Gasteiger charge is -2.23. The Morgan fingerprint density at radius 2 is 1.02 bits per heavy atom. The van der Waals surface area contributed by atoms with Gasteiger partial charge in [0.15, 0.2) is 17.5 Å². The van der Waals surface area contributed by atoms with Crippen LogP contribution in [0.2, 0.25) is 0 Å². The van der Waals surface area contributed by atoms with Crippen molar-refractivity contribution >= 4 is 10.8 Å². The zero-order valence-electron chi connectivity index (χ0n) is 27.3. The molecule has 232 valence electrons. The van der Waals surface area contributed by atoms with Crippen molar-refractivity contribution in [1.29, 1.82) is 0 Å². The van der Waals surface area contributed by atoms with Crippen molar-refractivity contribution in [1.82, 2.24) is 19.9 Å². The van der Waals surface area contributed by atoms with Gasteiger partial charge in [-0.05, 0) is 79.5 Å². The summed E-state index contributed by atoms with van der Waals surface area (Å²) in [6.45, 7) is 4.70. The van der Waals surface area contributed by atoms with E-state index in [-0.39, 0.29) is 5.41 Å². The van der Waals surface area contributed by atoms with E-state index in [1.807, 2.05) is 18.2 Å². The van der Waals surface area contributed by atoms with Crippen molar-refractivity contribution in [3.63, 3.8) is 0 Å². The lowest BCUT2D eigenvalue weighted by atomic mass is 9.79. The minimum absolute atomic E-state index is 0.108. The molecule has 2 heterocycles. The molecule has 0 radical (unpaired) electrons. The maximum absolute atomic E-state index is 5.01. The Hall–Kier alpha value is -6.26. The van der Waals surface area contributed by atoms with Crippen LogP contribution in [0.25, 0.3) is 78.3 Å². The summed E-state index contributed by atoms with van der Waals surface area (Å²) in [4.78, 5) is 19.2. The van der Waals surface area contributed by atoms with Gasteiger partial charge in [0.25, 0.3) is 0 Å². The largest absolute Gasteiger partial charge is 0.264 e. The third-order valence-electron chi connectivity index (χ3n) is 9.80. The predicted octanol–water partition coefficient (Wildman–Crippen LogP) is 11.1. The van der Waals surface area contributed by atoms with E-state index in [4.69, 9.17) is 15.0 Å². The second-order valence-electron chi connectivity index (χ2n) is 13.2. The monoisotopic (exact) mass is 628 g/mol. The Labute approximate surface area is 285 Å². The molecule has 9 rings (SSSR count). The molecule has 0 saturated carbocycles. The highest BCUT2D eigenvalue weighted by atomic mass is 15.0. The first kappa shape index (κ1) is 28.9. The van der Waals surface area contributed by atoms with Gasteiger partial charge in [-0.2, -0.15) is 0 Å². The molecular formula is C45H32N4. The SMILES string of the molecule is CC1(C)c2cc(-c3ccc(-c4nc(-c5cccnc5)nc(-c5cccc(-c6ccccc6)c5)n4)cc3)ccc2-c2ccc3ccccc3c21. The fourth-order valence-electron chi connectivity index (χ4n) is 7.32. The zero-order valence-corrected chi connectivity index (χ0v) is 27.3. The predicted molar refractivity (Wildman–Crippen MR) is 200 cm³/mol. The molecule has 0 aliphatic heterocycles. The number of hydrogen-bond acceptors (Lipinski definition) is 4. The van der Waals surface area contributed by atoms with Gasteiger partial charge >= 0.3 is 0 Å².